The third kappa shape index (κ3) is 3.42. The molecule has 0 radical (unpaired) electrons. The highest BCUT2D eigenvalue weighted by Gasteiger charge is 2.19. The number of rotatable bonds is 3. The van der Waals surface area contributed by atoms with Crippen molar-refractivity contribution in [2.24, 2.45) is 0 Å². The van der Waals surface area contributed by atoms with Crippen LogP contribution in [0.5, 0.6) is 5.75 Å². The molecule has 0 fully saturated rings. The van der Waals surface area contributed by atoms with E-state index < -0.39 is 0 Å². The highest BCUT2D eigenvalue weighted by molar-refractivity contribution is 5.85. The quantitative estimate of drug-likeness (QED) is 0.944. The van der Waals surface area contributed by atoms with E-state index in [0.717, 1.165) is 30.4 Å². The van der Waals surface area contributed by atoms with Crippen molar-refractivity contribution in [1.29, 1.82) is 0 Å². The van der Waals surface area contributed by atoms with E-state index >= 15 is 0 Å². The summed E-state index contributed by atoms with van der Waals surface area (Å²) in [4.78, 5) is 8.48. The van der Waals surface area contributed by atoms with Crippen LogP contribution in [-0.4, -0.2) is 21.1 Å². The number of ether oxygens (including phenoxy) is 1. The lowest BCUT2D eigenvalue weighted by Gasteiger charge is -2.23. The Balaban J connectivity index is 0.000001000. The van der Waals surface area contributed by atoms with Gasteiger partial charge in [0, 0.05) is 19.3 Å². The van der Waals surface area contributed by atoms with E-state index in [0.29, 0.717) is 12.6 Å². The molecule has 2 aromatic heterocycles. The molecule has 1 N–H and O–H groups in total. The van der Waals surface area contributed by atoms with Gasteiger partial charge in [-0.25, -0.2) is 4.98 Å². The van der Waals surface area contributed by atoms with Gasteiger partial charge in [0.2, 0.25) is 0 Å². The molecule has 7 heteroatoms. The van der Waals surface area contributed by atoms with Crippen LogP contribution in [-0.2, 0) is 13.2 Å². The number of imidazole rings is 1. The minimum absolute atomic E-state index is 0. The van der Waals surface area contributed by atoms with Crippen molar-refractivity contribution in [2.45, 2.75) is 26.1 Å². The lowest BCUT2D eigenvalue weighted by atomic mass is 10.2. The van der Waals surface area contributed by atoms with Crippen LogP contribution in [0, 0.1) is 0 Å². The van der Waals surface area contributed by atoms with Crippen molar-refractivity contribution >= 4 is 24.8 Å². The fraction of sp³-hybridized carbons (Fsp3) is 0.385. The molecule has 1 aliphatic rings. The number of fused-ring (bicyclic) bond motifs is 1. The third-order valence-corrected chi connectivity index (χ3v) is 3.16. The molecule has 0 aliphatic carbocycles. The summed E-state index contributed by atoms with van der Waals surface area (Å²) in [6, 6.07) is 4.09. The average molecular weight is 317 g/mol. The second-order valence-electron chi connectivity index (χ2n) is 4.41. The van der Waals surface area contributed by atoms with E-state index in [1.165, 1.54) is 0 Å². The van der Waals surface area contributed by atoms with Gasteiger partial charge in [0.15, 0.2) is 0 Å². The normalized spacial score (nSPS) is 16.6. The SMILES string of the molecule is CC1NCCn2c(COc3cccnc3)cnc21.Cl.Cl. The fourth-order valence-electron chi connectivity index (χ4n) is 2.22. The summed E-state index contributed by atoms with van der Waals surface area (Å²) in [6.07, 6.45) is 5.35. The van der Waals surface area contributed by atoms with Crippen LogP contribution in [0.2, 0.25) is 0 Å². The van der Waals surface area contributed by atoms with Gasteiger partial charge in [0.25, 0.3) is 0 Å². The van der Waals surface area contributed by atoms with Gasteiger partial charge in [0.1, 0.15) is 18.2 Å². The van der Waals surface area contributed by atoms with Gasteiger partial charge in [-0.2, -0.15) is 0 Å². The van der Waals surface area contributed by atoms with Crippen molar-refractivity contribution in [1.82, 2.24) is 19.9 Å². The van der Waals surface area contributed by atoms with Gasteiger partial charge >= 0.3 is 0 Å². The van der Waals surface area contributed by atoms with Crippen LogP contribution in [0.3, 0.4) is 0 Å². The van der Waals surface area contributed by atoms with Gasteiger partial charge in [-0.3, -0.25) is 4.98 Å². The highest BCUT2D eigenvalue weighted by atomic mass is 35.5. The maximum absolute atomic E-state index is 5.71. The number of hydrogen-bond acceptors (Lipinski definition) is 4. The first-order valence-electron chi connectivity index (χ1n) is 6.15. The number of pyridine rings is 1. The smallest absolute Gasteiger partial charge is 0.138 e. The minimum atomic E-state index is 0. The molecule has 110 valence electrons. The van der Waals surface area contributed by atoms with Gasteiger partial charge in [-0.1, -0.05) is 0 Å². The van der Waals surface area contributed by atoms with Crippen LogP contribution >= 0.6 is 24.8 Å². The molecule has 5 nitrogen and oxygen atoms in total. The Morgan fingerprint density at radius 1 is 1.40 bits per heavy atom. The molecule has 0 amide bonds. The molecular weight excluding hydrogens is 299 g/mol. The topological polar surface area (TPSA) is 52.0 Å². The first-order valence-corrected chi connectivity index (χ1v) is 6.15. The maximum atomic E-state index is 5.71. The van der Waals surface area contributed by atoms with E-state index in [9.17, 15) is 0 Å². The number of aromatic nitrogens is 3. The Labute approximate surface area is 130 Å². The molecule has 1 unspecified atom stereocenters. The molecule has 1 aliphatic heterocycles. The summed E-state index contributed by atoms with van der Waals surface area (Å²) in [5, 5.41) is 3.39. The first-order chi connectivity index (χ1) is 8.84. The van der Waals surface area contributed by atoms with Crippen molar-refractivity contribution in [3.8, 4) is 5.75 Å². The second kappa shape index (κ2) is 7.47. The van der Waals surface area contributed by atoms with Crippen LogP contribution in [0.1, 0.15) is 24.5 Å². The van der Waals surface area contributed by atoms with Crippen molar-refractivity contribution < 1.29 is 4.74 Å². The second-order valence-corrected chi connectivity index (χ2v) is 4.41. The summed E-state index contributed by atoms with van der Waals surface area (Å²) >= 11 is 0. The maximum Gasteiger partial charge on any atom is 0.138 e. The monoisotopic (exact) mass is 316 g/mol. The molecule has 0 bridgehead atoms. The standard InChI is InChI=1S/C13H16N4O.2ClH/c1-10-13-16-7-11(17(13)6-5-15-10)9-18-12-3-2-4-14-8-12;;/h2-4,7-8,10,15H,5-6,9H2,1H3;2*1H. The number of halogens is 2. The summed E-state index contributed by atoms with van der Waals surface area (Å²) in [5.41, 5.74) is 1.11. The third-order valence-electron chi connectivity index (χ3n) is 3.16. The molecule has 2 aromatic rings. The van der Waals surface area contributed by atoms with Gasteiger partial charge < -0.3 is 14.6 Å². The van der Waals surface area contributed by atoms with Gasteiger partial charge in [0.05, 0.1) is 24.1 Å². The Kier molecular flexibility index (Phi) is 6.26. The molecule has 3 rings (SSSR count). The Morgan fingerprint density at radius 2 is 2.25 bits per heavy atom. The minimum Gasteiger partial charge on any atom is -0.486 e. The molecular formula is C13H18Cl2N4O. The summed E-state index contributed by atoms with van der Waals surface area (Å²) < 4.78 is 7.94. The van der Waals surface area contributed by atoms with Gasteiger partial charge in [-0.05, 0) is 19.1 Å². The van der Waals surface area contributed by atoms with E-state index in [1.54, 1.807) is 12.4 Å². The number of nitrogens with zero attached hydrogens (tertiary/aromatic N) is 3. The van der Waals surface area contributed by atoms with Crippen molar-refractivity contribution in [2.75, 3.05) is 6.54 Å². The van der Waals surface area contributed by atoms with Crippen molar-refractivity contribution in [3.05, 3.63) is 42.2 Å². The van der Waals surface area contributed by atoms with Crippen LogP contribution < -0.4 is 10.1 Å². The first kappa shape index (κ1) is 16.8. The van der Waals surface area contributed by atoms with Crippen molar-refractivity contribution in [3.63, 3.8) is 0 Å². The summed E-state index contributed by atoms with van der Waals surface area (Å²) in [6.45, 7) is 4.59. The van der Waals surface area contributed by atoms with Crippen LogP contribution in [0.25, 0.3) is 0 Å². The highest BCUT2D eigenvalue weighted by Crippen LogP contribution is 2.18. The molecule has 0 spiro atoms. The molecule has 3 heterocycles. The molecule has 0 saturated heterocycles. The Hall–Kier alpha value is -1.30. The van der Waals surface area contributed by atoms with Crippen LogP contribution in [0.4, 0.5) is 0 Å². The average Bonchev–Trinajstić information content (AvgIpc) is 2.82. The Bertz CT molecular complexity index is 532. The number of hydrogen-bond donors (Lipinski definition) is 1. The summed E-state index contributed by atoms with van der Waals surface area (Å²) in [5.74, 6) is 1.88. The molecule has 1 atom stereocenters. The zero-order valence-corrected chi connectivity index (χ0v) is 12.8. The van der Waals surface area contributed by atoms with E-state index in [4.69, 9.17) is 4.74 Å². The number of nitrogens with one attached hydrogen (secondary N) is 1. The molecule has 0 aromatic carbocycles. The zero-order chi connectivity index (χ0) is 12.4. The largest absolute Gasteiger partial charge is 0.486 e. The summed E-state index contributed by atoms with van der Waals surface area (Å²) in [7, 11) is 0. The predicted molar refractivity (Wildman–Crippen MR) is 81.7 cm³/mol. The van der Waals surface area contributed by atoms with Gasteiger partial charge in [-0.15, -0.1) is 24.8 Å². The van der Waals surface area contributed by atoms with E-state index in [1.807, 2.05) is 18.3 Å². The molecule has 0 saturated carbocycles. The Morgan fingerprint density at radius 3 is 3.00 bits per heavy atom. The fourth-order valence-corrected chi connectivity index (χ4v) is 2.22. The molecule has 20 heavy (non-hydrogen) atoms. The zero-order valence-electron chi connectivity index (χ0n) is 11.2. The predicted octanol–water partition coefficient (Wildman–Crippen LogP) is 2.36. The van der Waals surface area contributed by atoms with E-state index in [-0.39, 0.29) is 24.8 Å². The lowest BCUT2D eigenvalue weighted by Crippen LogP contribution is -2.32. The lowest BCUT2D eigenvalue weighted by molar-refractivity contribution is 0.288. The van der Waals surface area contributed by atoms with E-state index in [2.05, 4.69) is 26.8 Å². The van der Waals surface area contributed by atoms with Crippen LogP contribution in [0.15, 0.2) is 30.7 Å².